The molecular weight excluding hydrogens is 547 g/mol. The lowest BCUT2D eigenvalue weighted by atomic mass is 10.1. The molecule has 0 radical (unpaired) electrons. The number of aromatic nitrogens is 2. The number of urea groups is 1. The normalized spacial score (nSPS) is 18.6. The molecule has 1 aliphatic carbocycles. The van der Waals surface area contributed by atoms with Crippen LogP contribution in [0, 0.1) is 5.82 Å². The van der Waals surface area contributed by atoms with Crippen LogP contribution in [-0.4, -0.2) is 75.6 Å². The SMILES string of the molecule is O=C(Nc1ccc(Oc2ccnc3c2SC(c2ccc(CN4CCN(C(=O)CO)CC4)cn2)C3)c(F)c1)NC1CC1. The molecule has 1 saturated carbocycles. The fourth-order valence-corrected chi connectivity index (χ4v) is 6.23. The summed E-state index contributed by atoms with van der Waals surface area (Å²) in [6.07, 6.45) is 6.19. The average molecular weight is 579 g/mol. The van der Waals surface area contributed by atoms with Gasteiger partial charge in [-0.2, -0.15) is 0 Å². The Bertz CT molecular complexity index is 1430. The van der Waals surface area contributed by atoms with Gasteiger partial charge in [-0.3, -0.25) is 19.7 Å². The van der Waals surface area contributed by atoms with Crippen LogP contribution in [0.4, 0.5) is 14.9 Å². The quantitative estimate of drug-likeness (QED) is 0.370. The predicted octanol–water partition coefficient (Wildman–Crippen LogP) is 3.72. The van der Waals surface area contributed by atoms with Crippen LogP contribution in [0.25, 0.3) is 0 Å². The maximum absolute atomic E-state index is 14.9. The summed E-state index contributed by atoms with van der Waals surface area (Å²) in [6.45, 7) is 3.04. The number of ether oxygens (including phenoxy) is 1. The van der Waals surface area contributed by atoms with E-state index in [0.29, 0.717) is 30.9 Å². The van der Waals surface area contributed by atoms with Crippen molar-refractivity contribution >= 4 is 29.4 Å². The number of fused-ring (bicyclic) bond motifs is 1. The Hall–Kier alpha value is -3.74. The lowest BCUT2D eigenvalue weighted by molar-refractivity contribution is -0.136. The molecule has 2 fully saturated rings. The van der Waals surface area contributed by atoms with E-state index in [1.165, 1.54) is 12.1 Å². The Morgan fingerprint density at radius 1 is 1.07 bits per heavy atom. The zero-order chi connectivity index (χ0) is 28.3. The fourth-order valence-electron chi connectivity index (χ4n) is 4.94. The molecule has 2 aliphatic heterocycles. The minimum absolute atomic E-state index is 0.0609. The number of carbonyl (C=O) groups excluding carboxylic acids is 2. The third kappa shape index (κ3) is 6.61. The van der Waals surface area contributed by atoms with Crippen molar-refractivity contribution in [1.29, 1.82) is 0 Å². The predicted molar refractivity (Wildman–Crippen MR) is 151 cm³/mol. The van der Waals surface area contributed by atoms with E-state index < -0.39 is 12.4 Å². The number of aliphatic hydroxyl groups is 1. The molecule has 0 spiro atoms. The smallest absolute Gasteiger partial charge is 0.319 e. The second-order valence-corrected chi connectivity index (χ2v) is 11.6. The minimum atomic E-state index is -0.571. The van der Waals surface area contributed by atoms with Gasteiger partial charge in [0.15, 0.2) is 11.6 Å². The van der Waals surface area contributed by atoms with Gasteiger partial charge in [-0.15, -0.1) is 11.8 Å². The van der Waals surface area contributed by atoms with Crippen molar-refractivity contribution in [3.8, 4) is 11.5 Å². The van der Waals surface area contributed by atoms with Crippen LogP contribution in [0.3, 0.4) is 0 Å². The molecule has 6 rings (SSSR count). The largest absolute Gasteiger partial charge is 0.453 e. The third-order valence-electron chi connectivity index (χ3n) is 7.35. The number of rotatable bonds is 8. The van der Waals surface area contributed by atoms with Gasteiger partial charge in [0.2, 0.25) is 5.91 Å². The highest BCUT2D eigenvalue weighted by molar-refractivity contribution is 8.00. The van der Waals surface area contributed by atoms with E-state index in [2.05, 4.69) is 26.6 Å². The lowest BCUT2D eigenvalue weighted by Crippen LogP contribution is -2.49. The number of pyridine rings is 2. The van der Waals surface area contributed by atoms with Crippen LogP contribution >= 0.6 is 11.8 Å². The summed E-state index contributed by atoms with van der Waals surface area (Å²) in [5.74, 6) is -0.194. The van der Waals surface area contributed by atoms with Crippen LogP contribution in [0.15, 0.2) is 53.7 Å². The highest BCUT2D eigenvalue weighted by atomic mass is 32.2. The molecule has 3 aliphatic rings. The van der Waals surface area contributed by atoms with Crippen molar-refractivity contribution < 1.29 is 23.8 Å². The molecule has 4 heterocycles. The number of aliphatic hydroxyl groups excluding tert-OH is 1. The van der Waals surface area contributed by atoms with Crippen molar-refractivity contribution in [3.63, 3.8) is 0 Å². The summed E-state index contributed by atoms with van der Waals surface area (Å²) in [7, 11) is 0. The molecule has 1 unspecified atom stereocenters. The highest BCUT2D eigenvalue weighted by Gasteiger charge is 2.30. The topological polar surface area (TPSA) is 120 Å². The van der Waals surface area contributed by atoms with E-state index in [0.717, 1.165) is 54.3 Å². The molecule has 2 aromatic heterocycles. The Kier molecular flexibility index (Phi) is 8.04. The van der Waals surface area contributed by atoms with E-state index >= 15 is 0 Å². The van der Waals surface area contributed by atoms with E-state index in [4.69, 9.17) is 14.8 Å². The first-order valence-electron chi connectivity index (χ1n) is 13.7. The van der Waals surface area contributed by atoms with Crippen molar-refractivity contribution in [2.24, 2.45) is 0 Å². The van der Waals surface area contributed by atoms with Gasteiger partial charge in [0.25, 0.3) is 0 Å². The summed E-state index contributed by atoms with van der Waals surface area (Å²) in [4.78, 5) is 37.7. The Labute approximate surface area is 241 Å². The standard InChI is InChI=1S/C29H31FN6O4S/c30-21-13-20(34-29(39)33-19-2-3-19)4-6-24(21)40-25-7-8-31-23-14-26(41-28(23)25)22-5-1-18(15-32-22)16-35-9-11-36(12-10-35)27(38)17-37/h1,4-8,13,15,19,26,37H,2-3,9-12,14,16-17H2,(H2,33,34,39). The molecule has 3 N–H and O–H groups in total. The molecule has 214 valence electrons. The summed E-state index contributed by atoms with van der Waals surface area (Å²) in [6, 6.07) is 10.1. The van der Waals surface area contributed by atoms with Crippen LogP contribution < -0.4 is 15.4 Å². The van der Waals surface area contributed by atoms with Gasteiger partial charge in [0.1, 0.15) is 12.4 Å². The zero-order valence-electron chi connectivity index (χ0n) is 22.4. The number of halogens is 1. The van der Waals surface area contributed by atoms with E-state index in [1.807, 2.05) is 12.3 Å². The summed E-state index contributed by atoms with van der Waals surface area (Å²) in [5, 5.41) is 14.6. The van der Waals surface area contributed by atoms with Gasteiger partial charge in [-0.05, 0) is 36.6 Å². The van der Waals surface area contributed by atoms with Gasteiger partial charge in [-0.25, -0.2) is 9.18 Å². The average Bonchev–Trinajstić information content (AvgIpc) is 3.68. The lowest BCUT2D eigenvalue weighted by Gasteiger charge is -2.34. The first-order valence-corrected chi connectivity index (χ1v) is 14.6. The second kappa shape index (κ2) is 12.0. The number of anilines is 1. The molecule has 3 amide bonds. The van der Waals surface area contributed by atoms with Crippen LogP contribution in [0.2, 0.25) is 0 Å². The van der Waals surface area contributed by atoms with Gasteiger partial charge in [0, 0.05) is 75.4 Å². The first kappa shape index (κ1) is 27.4. The molecule has 10 nitrogen and oxygen atoms in total. The van der Waals surface area contributed by atoms with Crippen molar-refractivity contribution in [3.05, 3.63) is 71.6 Å². The van der Waals surface area contributed by atoms with E-state index in [-0.39, 0.29) is 29.0 Å². The van der Waals surface area contributed by atoms with E-state index in [1.54, 1.807) is 35.0 Å². The molecule has 12 heteroatoms. The molecule has 1 atom stereocenters. The number of piperazine rings is 1. The van der Waals surface area contributed by atoms with Crippen LogP contribution in [-0.2, 0) is 17.8 Å². The maximum Gasteiger partial charge on any atom is 0.319 e. The summed E-state index contributed by atoms with van der Waals surface area (Å²) >= 11 is 1.60. The van der Waals surface area contributed by atoms with E-state index in [9.17, 15) is 14.0 Å². The number of amides is 3. The van der Waals surface area contributed by atoms with Crippen LogP contribution in [0.1, 0.15) is 35.0 Å². The summed E-state index contributed by atoms with van der Waals surface area (Å²) in [5.41, 5.74) is 3.27. The van der Waals surface area contributed by atoms with Gasteiger partial charge in [0.05, 0.1) is 21.5 Å². The van der Waals surface area contributed by atoms with Crippen molar-refractivity contribution in [1.82, 2.24) is 25.1 Å². The molecule has 41 heavy (non-hydrogen) atoms. The molecule has 3 aromatic rings. The minimum Gasteiger partial charge on any atom is -0.453 e. The highest BCUT2D eigenvalue weighted by Crippen LogP contribution is 2.50. The molecule has 1 saturated heterocycles. The fraction of sp³-hybridized carbons (Fsp3) is 0.379. The van der Waals surface area contributed by atoms with Crippen molar-refractivity contribution in [2.75, 3.05) is 38.1 Å². The Morgan fingerprint density at radius 3 is 2.61 bits per heavy atom. The monoisotopic (exact) mass is 578 g/mol. The van der Waals surface area contributed by atoms with Gasteiger partial charge >= 0.3 is 6.03 Å². The van der Waals surface area contributed by atoms with Gasteiger partial charge < -0.3 is 25.4 Å². The first-order chi connectivity index (χ1) is 19.9. The summed E-state index contributed by atoms with van der Waals surface area (Å²) < 4.78 is 20.8. The molecule has 1 aromatic carbocycles. The Balaban J connectivity index is 1.06. The van der Waals surface area contributed by atoms with Crippen molar-refractivity contribution in [2.45, 2.75) is 42.0 Å². The number of hydrogen-bond acceptors (Lipinski definition) is 8. The third-order valence-corrected chi connectivity index (χ3v) is 8.71. The Morgan fingerprint density at radius 2 is 1.90 bits per heavy atom. The zero-order valence-corrected chi connectivity index (χ0v) is 23.2. The molecular formula is C29H31FN6O4S. The number of thioether (sulfide) groups is 1. The number of benzene rings is 1. The van der Waals surface area contributed by atoms with Crippen LogP contribution in [0.5, 0.6) is 11.5 Å². The molecule has 0 bridgehead atoms. The number of nitrogens with zero attached hydrogens (tertiary/aromatic N) is 4. The maximum atomic E-state index is 14.9. The second-order valence-electron chi connectivity index (χ2n) is 10.4. The van der Waals surface area contributed by atoms with Gasteiger partial charge in [-0.1, -0.05) is 6.07 Å². The number of carbonyl (C=O) groups is 2. The number of hydrogen-bond donors (Lipinski definition) is 3. The number of nitrogens with one attached hydrogen (secondary N) is 2.